The van der Waals surface area contributed by atoms with Crippen LogP contribution in [0.4, 0.5) is 5.69 Å². The van der Waals surface area contributed by atoms with Crippen LogP contribution in [0.3, 0.4) is 0 Å². The molecule has 0 aromatic heterocycles. The van der Waals surface area contributed by atoms with Gasteiger partial charge in [-0.2, -0.15) is 0 Å². The Kier molecular flexibility index (Phi) is 7.65. The van der Waals surface area contributed by atoms with Gasteiger partial charge < -0.3 is 9.64 Å². The number of ether oxygens (including phenoxy) is 1. The molecule has 0 aliphatic carbocycles. The van der Waals surface area contributed by atoms with Crippen LogP contribution in [-0.4, -0.2) is 38.0 Å². The van der Waals surface area contributed by atoms with Crippen LogP contribution in [0.15, 0.2) is 36.4 Å². The molecule has 4 nitrogen and oxygen atoms in total. The van der Waals surface area contributed by atoms with Crippen LogP contribution in [0.25, 0.3) is 0 Å². The van der Waals surface area contributed by atoms with E-state index in [1.807, 2.05) is 12.1 Å². The lowest BCUT2D eigenvalue weighted by molar-refractivity contribution is -0.0258. The second-order valence-electron chi connectivity index (χ2n) is 10.8. The predicted molar refractivity (Wildman–Crippen MR) is 139 cm³/mol. The molecule has 0 amide bonds. The maximum atomic E-state index is 12.5. The summed E-state index contributed by atoms with van der Waals surface area (Å²) in [5.41, 5.74) is 7.41. The predicted octanol–water partition coefficient (Wildman–Crippen LogP) is 5.80. The molecule has 0 N–H and O–H groups in total. The molecule has 182 valence electrons. The quantitative estimate of drug-likeness (QED) is 0.534. The SMILES string of the molecule is Cc1cc(N2C[C@H](C)O[C@H](C)C2C)c(C)cc1CCc1ccc(CS(=O)(=O)C(C)(C)C)cc1. The van der Waals surface area contributed by atoms with E-state index < -0.39 is 14.6 Å². The molecule has 2 aromatic rings. The fraction of sp³-hybridized carbons (Fsp3) is 0.571. The molecule has 0 bridgehead atoms. The molecule has 1 aliphatic rings. The highest BCUT2D eigenvalue weighted by molar-refractivity contribution is 7.91. The normalized spacial score (nSPS) is 21.9. The molecule has 0 radical (unpaired) electrons. The zero-order valence-electron chi connectivity index (χ0n) is 21.6. The summed E-state index contributed by atoms with van der Waals surface area (Å²) < 4.78 is 30.2. The van der Waals surface area contributed by atoms with Gasteiger partial charge in [0.2, 0.25) is 0 Å². The first-order valence-electron chi connectivity index (χ1n) is 12.1. The zero-order chi connectivity index (χ0) is 24.6. The first-order valence-corrected chi connectivity index (χ1v) is 13.8. The van der Waals surface area contributed by atoms with Gasteiger partial charge in [-0.3, -0.25) is 0 Å². The van der Waals surface area contributed by atoms with E-state index in [0.29, 0.717) is 6.04 Å². The van der Waals surface area contributed by atoms with Crippen molar-refractivity contribution in [3.05, 3.63) is 64.2 Å². The van der Waals surface area contributed by atoms with Gasteiger partial charge in [-0.05, 0) is 102 Å². The molecule has 33 heavy (non-hydrogen) atoms. The topological polar surface area (TPSA) is 46.6 Å². The van der Waals surface area contributed by atoms with Crippen LogP contribution in [0.5, 0.6) is 0 Å². The van der Waals surface area contributed by atoms with Gasteiger partial charge in [0.1, 0.15) is 0 Å². The number of hydrogen-bond acceptors (Lipinski definition) is 4. The molecule has 0 saturated carbocycles. The van der Waals surface area contributed by atoms with E-state index in [1.165, 1.54) is 27.9 Å². The van der Waals surface area contributed by atoms with Crippen LogP contribution < -0.4 is 4.90 Å². The number of anilines is 1. The highest BCUT2D eigenvalue weighted by atomic mass is 32.2. The van der Waals surface area contributed by atoms with Crippen LogP contribution >= 0.6 is 0 Å². The summed E-state index contributed by atoms with van der Waals surface area (Å²) in [7, 11) is -3.17. The van der Waals surface area contributed by atoms with Crippen molar-refractivity contribution in [2.75, 3.05) is 11.4 Å². The molecule has 1 aliphatic heterocycles. The van der Waals surface area contributed by atoms with Crippen molar-refractivity contribution in [2.45, 2.75) is 97.0 Å². The summed E-state index contributed by atoms with van der Waals surface area (Å²) in [6.45, 7) is 17.2. The Labute approximate surface area is 201 Å². The summed E-state index contributed by atoms with van der Waals surface area (Å²) in [4.78, 5) is 2.50. The van der Waals surface area contributed by atoms with Gasteiger partial charge in [0.05, 0.1) is 28.7 Å². The fourth-order valence-corrected chi connectivity index (χ4v) is 5.56. The summed E-state index contributed by atoms with van der Waals surface area (Å²) in [6, 6.07) is 13.1. The van der Waals surface area contributed by atoms with Gasteiger partial charge in [-0.1, -0.05) is 30.3 Å². The maximum Gasteiger partial charge on any atom is 0.159 e. The van der Waals surface area contributed by atoms with Crippen molar-refractivity contribution < 1.29 is 13.2 Å². The maximum absolute atomic E-state index is 12.5. The van der Waals surface area contributed by atoms with Crippen LogP contribution in [0.1, 0.15) is 69.4 Å². The molecule has 1 saturated heterocycles. The van der Waals surface area contributed by atoms with E-state index in [-0.39, 0.29) is 18.0 Å². The minimum absolute atomic E-state index is 0.0910. The smallest absolute Gasteiger partial charge is 0.159 e. The molecule has 1 fully saturated rings. The lowest BCUT2D eigenvalue weighted by Gasteiger charge is -2.43. The van der Waals surface area contributed by atoms with Crippen molar-refractivity contribution in [1.82, 2.24) is 0 Å². The molecule has 3 atom stereocenters. The third-order valence-corrected chi connectivity index (χ3v) is 9.61. The van der Waals surface area contributed by atoms with Gasteiger partial charge in [-0.25, -0.2) is 8.42 Å². The number of aryl methyl sites for hydroxylation is 4. The molecule has 1 unspecified atom stereocenters. The third kappa shape index (κ3) is 5.99. The van der Waals surface area contributed by atoms with Gasteiger partial charge >= 0.3 is 0 Å². The molecule has 2 aromatic carbocycles. The Morgan fingerprint density at radius 2 is 1.55 bits per heavy atom. The van der Waals surface area contributed by atoms with E-state index in [4.69, 9.17) is 4.74 Å². The van der Waals surface area contributed by atoms with Gasteiger partial charge in [-0.15, -0.1) is 0 Å². The summed E-state index contributed by atoms with van der Waals surface area (Å²) >= 11 is 0. The number of hydrogen-bond donors (Lipinski definition) is 0. The Balaban J connectivity index is 1.69. The minimum atomic E-state index is -3.17. The largest absolute Gasteiger partial charge is 0.372 e. The van der Waals surface area contributed by atoms with Gasteiger partial charge in [0.25, 0.3) is 0 Å². The number of rotatable bonds is 6. The number of nitrogens with zero attached hydrogens (tertiary/aromatic N) is 1. The number of benzene rings is 2. The number of sulfone groups is 1. The second kappa shape index (κ2) is 9.79. The monoisotopic (exact) mass is 471 g/mol. The fourth-order valence-electron chi connectivity index (χ4n) is 4.49. The average molecular weight is 472 g/mol. The number of morpholine rings is 1. The first-order chi connectivity index (χ1) is 15.3. The molecule has 5 heteroatoms. The zero-order valence-corrected chi connectivity index (χ0v) is 22.4. The van der Waals surface area contributed by atoms with Gasteiger partial charge in [0.15, 0.2) is 9.84 Å². The highest BCUT2D eigenvalue weighted by Gasteiger charge is 2.31. The van der Waals surface area contributed by atoms with Crippen LogP contribution in [0, 0.1) is 13.8 Å². The standard InChI is InChI=1S/C28H41NO3S/c1-19-16-27(29-17-21(3)32-23(5)22(29)4)20(2)15-26(19)14-13-24-9-11-25(12-10-24)18-33(30,31)28(6,7)8/h9-12,15-16,21-23H,13-14,17-18H2,1-8H3/t21-,22?,23+/m0/s1. The van der Waals surface area contributed by atoms with Crippen LogP contribution in [-0.2, 0) is 33.2 Å². The highest BCUT2D eigenvalue weighted by Crippen LogP contribution is 2.31. The van der Waals surface area contributed by atoms with Crippen LogP contribution in [0.2, 0.25) is 0 Å². The molecule has 3 rings (SSSR count). The van der Waals surface area contributed by atoms with Crippen molar-refractivity contribution in [3.8, 4) is 0 Å². The van der Waals surface area contributed by atoms with E-state index >= 15 is 0 Å². The van der Waals surface area contributed by atoms with Gasteiger partial charge in [0, 0.05) is 12.2 Å². The van der Waals surface area contributed by atoms with E-state index in [2.05, 4.69) is 63.8 Å². The molecule has 1 heterocycles. The van der Waals surface area contributed by atoms with E-state index in [9.17, 15) is 8.42 Å². The Morgan fingerprint density at radius 1 is 0.939 bits per heavy atom. The van der Waals surface area contributed by atoms with E-state index in [0.717, 1.165) is 24.9 Å². The molecular weight excluding hydrogens is 430 g/mol. The molecule has 0 spiro atoms. The second-order valence-corrected chi connectivity index (χ2v) is 13.5. The summed E-state index contributed by atoms with van der Waals surface area (Å²) in [5, 5.41) is 0. The minimum Gasteiger partial charge on any atom is -0.372 e. The Morgan fingerprint density at radius 3 is 2.15 bits per heavy atom. The third-order valence-electron chi connectivity index (χ3n) is 7.03. The lowest BCUT2D eigenvalue weighted by atomic mass is 9.96. The van der Waals surface area contributed by atoms with Crippen molar-refractivity contribution in [3.63, 3.8) is 0 Å². The van der Waals surface area contributed by atoms with Crippen molar-refractivity contribution in [1.29, 1.82) is 0 Å². The Hall–Kier alpha value is -1.85. The van der Waals surface area contributed by atoms with Crippen molar-refractivity contribution >= 4 is 15.5 Å². The van der Waals surface area contributed by atoms with E-state index in [1.54, 1.807) is 20.8 Å². The summed E-state index contributed by atoms with van der Waals surface area (Å²) in [6.07, 6.45) is 2.36. The lowest BCUT2D eigenvalue weighted by Crippen LogP contribution is -2.52. The summed E-state index contributed by atoms with van der Waals surface area (Å²) in [5.74, 6) is 0.0910. The average Bonchev–Trinajstić information content (AvgIpc) is 2.71. The van der Waals surface area contributed by atoms with Crippen molar-refractivity contribution in [2.24, 2.45) is 0 Å². The first kappa shape index (κ1) is 25.8. The molecular formula is C28H41NO3S. The Bertz CT molecular complexity index is 1070.